The number of aryl methyl sites for hydroxylation is 1. The summed E-state index contributed by atoms with van der Waals surface area (Å²) < 4.78 is 5.39. The van der Waals surface area contributed by atoms with Gasteiger partial charge in [-0.3, -0.25) is 0 Å². The number of carboxylic acid groups (broad SMARTS) is 1. The first-order valence-electron chi connectivity index (χ1n) is 5.90. The Labute approximate surface area is 116 Å². The van der Waals surface area contributed by atoms with Crippen LogP contribution in [0.1, 0.15) is 41.6 Å². The number of aromatic carboxylic acids is 1. The minimum absolute atomic E-state index is 0.0249. The Balaban J connectivity index is 2.60. The lowest BCUT2D eigenvalue weighted by Gasteiger charge is -2.01. The Hall–Kier alpha value is -1.81. The number of hydrogen-bond donors (Lipinski definition) is 1. The van der Waals surface area contributed by atoms with E-state index in [2.05, 4.69) is 4.98 Å². The fraction of sp³-hybridized carbons (Fsp3) is 0.286. The number of nitrogens with zero attached hydrogens (tertiary/aromatic N) is 1. The highest BCUT2D eigenvalue weighted by molar-refractivity contribution is 6.30. The maximum absolute atomic E-state index is 11.2. The summed E-state index contributed by atoms with van der Waals surface area (Å²) in [5.41, 5.74) is 2.08. The second-order valence-corrected chi connectivity index (χ2v) is 5.09. The van der Waals surface area contributed by atoms with Crippen LogP contribution in [0.15, 0.2) is 22.6 Å². The first kappa shape index (κ1) is 13.6. The lowest BCUT2D eigenvalue weighted by atomic mass is 10.1. The number of hydrogen-bond acceptors (Lipinski definition) is 3. The van der Waals surface area contributed by atoms with Crippen LogP contribution in [-0.4, -0.2) is 16.1 Å². The van der Waals surface area contributed by atoms with Gasteiger partial charge in [0.2, 0.25) is 11.7 Å². The third-order valence-electron chi connectivity index (χ3n) is 2.82. The van der Waals surface area contributed by atoms with E-state index >= 15 is 0 Å². The highest BCUT2D eigenvalue weighted by Crippen LogP contribution is 2.30. The molecule has 100 valence electrons. The SMILES string of the molecule is Cc1ccc(Cl)cc1-c1nc(C(C)C)c(C(=O)O)o1. The van der Waals surface area contributed by atoms with Gasteiger partial charge in [-0.25, -0.2) is 9.78 Å². The van der Waals surface area contributed by atoms with Crippen molar-refractivity contribution in [1.82, 2.24) is 4.98 Å². The number of carboxylic acids is 1. The molecule has 0 fully saturated rings. The van der Waals surface area contributed by atoms with Crippen molar-refractivity contribution in [2.45, 2.75) is 26.7 Å². The van der Waals surface area contributed by atoms with Gasteiger partial charge >= 0.3 is 5.97 Å². The zero-order valence-corrected chi connectivity index (χ0v) is 11.7. The van der Waals surface area contributed by atoms with Gasteiger partial charge in [0, 0.05) is 10.6 Å². The van der Waals surface area contributed by atoms with Crippen LogP contribution >= 0.6 is 11.6 Å². The third-order valence-corrected chi connectivity index (χ3v) is 3.06. The van der Waals surface area contributed by atoms with Gasteiger partial charge in [-0.15, -0.1) is 0 Å². The monoisotopic (exact) mass is 279 g/mol. The number of carbonyl (C=O) groups is 1. The number of aromatic nitrogens is 1. The van der Waals surface area contributed by atoms with E-state index in [0.717, 1.165) is 5.56 Å². The molecule has 19 heavy (non-hydrogen) atoms. The molecule has 0 saturated heterocycles. The minimum Gasteiger partial charge on any atom is -0.475 e. The Morgan fingerprint density at radius 3 is 2.63 bits per heavy atom. The van der Waals surface area contributed by atoms with E-state index in [1.54, 1.807) is 12.1 Å². The molecule has 0 aliphatic rings. The predicted octanol–water partition coefficient (Wildman–Crippen LogP) is 4.13. The van der Waals surface area contributed by atoms with Gasteiger partial charge in [-0.1, -0.05) is 31.5 Å². The zero-order chi connectivity index (χ0) is 14.2. The summed E-state index contributed by atoms with van der Waals surface area (Å²) in [6.07, 6.45) is 0. The normalized spacial score (nSPS) is 11.0. The van der Waals surface area contributed by atoms with Crippen LogP contribution in [0.25, 0.3) is 11.5 Å². The molecule has 0 unspecified atom stereocenters. The standard InChI is InChI=1S/C14H14ClNO3/c1-7(2)11-12(14(17)18)19-13(16-11)10-6-9(15)5-4-8(10)3/h4-7H,1-3H3,(H,17,18). The first-order valence-corrected chi connectivity index (χ1v) is 6.28. The van der Waals surface area contributed by atoms with E-state index in [0.29, 0.717) is 22.2 Å². The molecule has 0 atom stereocenters. The summed E-state index contributed by atoms with van der Waals surface area (Å²) >= 11 is 5.95. The van der Waals surface area contributed by atoms with Crippen molar-refractivity contribution in [2.24, 2.45) is 0 Å². The molecule has 1 N–H and O–H groups in total. The van der Waals surface area contributed by atoms with Crippen LogP contribution in [0.2, 0.25) is 5.02 Å². The van der Waals surface area contributed by atoms with Crippen LogP contribution in [0, 0.1) is 6.92 Å². The van der Waals surface area contributed by atoms with Gasteiger partial charge in [0.15, 0.2) is 0 Å². The fourth-order valence-corrected chi connectivity index (χ4v) is 1.99. The average molecular weight is 280 g/mol. The van der Waals surface area contributed by atoms with Gasteiger partial charge in [0.25, 0.3) is 0 Å². The lowest BCUT2D eigenvalue weighted by Crippen LogP contribution is -2.01. The largest absolute Gasteiger partial charge is 0.475 e. The van der Waals surface area contributed by atoms with Crippen LogP contribution < -0.4 is 0 Å². The van der Waals surface area contributed by atoms with Crippen molar-refractivity contribution in [3.63, 3.8) is 0 Å². The Bertz CT molecular complexity index is 632. The number of halogens is 1. The molecule has 2 aromatic rings. The van der Waals surface area contributed by atoms with E-state index < -0.39 is 5.97 Å². The maximum atomic E-state index is 11.2. The van der Waals surface area contributed by atoms with Crippen LogP contribution in [0.5, 0.6) is 0 Å². The number of benzene rings is 1. The molecule has 0 bridgehead atoms. The van der Waals surface area contributed by atoms with Crippen molar-refractivity contribution in [2.75, 3.05) is 0 Å². The van der Waals surface area contributed by atoms with Crippen molar-refractivity contribution in [3.8, 4) is 11.5 Å². The van der Waals surface area contributed by atoms with Gasteiger partial charge in [0.1, 0.15) is 0 Å². The molecular formula is C14H14ClNO3. The van der Waals surface area contributed by atoms with Crippen molar-refractivity contribution in [3.05, 3.63) is 40.2 Å². The van der Waals surface area contributed by atoms with E-state index in [-0.39, 0.29) is 11.7 Å². The third kappa shape index (κ3) is 2.63. The zero-order valence-electron chi connectivity index (χ0n) is 10.9. The molecule has 2 rings (SSSR count). The predicted molar refractivity (Wildman–Crippen MR) is 72.7 cm³/mol. The minimum atomic E-state index is -1.11. The fourth-order valence-electron chi connectivity index (χ4n) is 1.82. The van der Waals surface area contributed by atoms with Crippen LogP contribution in [0.3, 0.4) is 0 Å². The maximum Gasteiger partial charge on any atom is 0.373 e. The second-order valence-electron chi connectivity index (χ2n) is 4.65. The molecule has 0 saturated carbocycles. The summed E-state index contributed by atoms with van der Waals surface area (Å²) in [5.74, 6) is -0.948. The Kier molecular flexibility index (Phi) is 3.62. The smallest absolute Gasteiger partial charge is 0.373 e. The highest BCUT2D eigenvalue weighted by Gasteiger charge is 2.23. The van der Waals surface area contributed by atoms with E-state index in [1.165, 1.54) is 0 Å². The summed E-state index contributed by atoms with van der Waals surface area (Å²) in [6, 6.07) is 5.33. The molecule has 1 heterocycles. The van der Waals surface area contributed by atoms with E-state index in [9.17, 15) is 4.79 Å². The Morgan fingerprint density at radius 2 is 2.11 bits per heavy atom. The van der Waals surface area contributed by atoms with E-state index in [1.807, 2.05) is 26.8 Å². The first-order chi connectivity index (χ1) is 8.90. The van der Waals surface area contributed by atoms with Gasteiger partial charge < -0.3 is 9.52 Å². The average Bonchev–Trinajstić information content (AvgIpc) is 2.77. The van der Waals surface area contributed by atoms with Crippen LogP contribution in [0.4, 0.5) is 0 Å². The Morgan fingerprint density at radius 1 is 1.42 bits per heavy atom. The molecule has 0 spiro atoms. The van der Waals surface area contributed by atoms with Gasteiger partial charge in [-0.05, 0) is 30.5 Å². The molecule has 0 aliphatic carbocycles. The number of rotatable bonds is 3. The molecule has 0 radical (unpaired) electrons. The summed E-state index contributed by atoms with van der Waals surface area (Å²) in [6.45, 7) is 5.64. The van der Waals surface area contributed by atoms with Crippen molar-refractivity contribution in [1.29, 1.82) is 0 Å². The summed E-state index contributed by atoms with van der Waals surface area (Å²) in [4.78, 5) is 15.5. The van der Waals surface area contributed by atoms with Crippen molar-refractivity contribution < 1.29 is 14.3 Å². The molecule has 0 aliphatic heterocycles. The molecule has 1 aromatic carbocycles. The summed E-state index contributed by atoms with van der Waals surface area (Å²) in [5, 5.41) is 9.70. The molecule has 0 amide bonds. The van der Waals surface area contributed by atoms with Crippen molar-refractivity contribution >= 4 is 17.6 Å². The van der Waals surface area contributed by atoms with Gasteiger partial charge in [-0.2, -0.15) is 0 Å². The molecule has 5 heteroatoms. The lowest BCUT2D eigenvalue weighted by molar-refractivity contribution is 0.0661. The molecule has 4 nitrogen and oxygen atoms in total. The second kappa shape index (κ2) is 5.05. The highest BCUT2D eigenvalue weighted by atomic mass is 35.5. The number of oxazole rings is 1. The quantitative estimate of drug-likeness (QED) is 0.918. The summed E-state index contributed by atoms with van der Waals surface area (Å²) in [7, 11) is 0. The van der Waals surface area contributed by atoms with Gasteiger partial charge in [0.05, 0.1) is 5.69 Å². The van der Waals surface area contributed by atoms with E-state index in [4.69, 9.17) is 21.1 Å². The topological polar surface area (TPSA) is 63.3 Å². The van der Waals surface area contributed by atoms with Crippen LogP contribution in [-0.2, 0) is 0 Å². The molecule has 1 aromatic heterocycles. The molecular weight excluding hydrogens is 266 g/mol.